The van der Waals surface area contributed by atoms with Crippen LogP contribution in [0.15, 0.2) is 6.20 Å². The lowest BCUT2D eigenvalue weighted by Gasteiger charge is -1.95. The van der Waals surface area contributed by atoms with Crippen molar-refractivity contribution >= 4 is 33.3 Å². The maximum atomic E-state index is 5.57. The molecule has 1 rings (SSSR count). The van der Waals surface area contributed by atoms with Gasteiger partial charge in [-0.05, 0) is 5.92 Å². The van der Waals surface area contributed by atoms with Crippen molar-refractivity contribution in [1.82, 2.24) is 9.97 Å². The van der Waals surface area contributed by atoms with Crippen LogP contribution in [-0.2, 0) is 0 Å². The van der Waals surface area contributed by atoms with Crippen molar-refractivity contribution in [1.29, 1.82) is 0 Å². The largest absolute Gasteiger partial charge is 0.381 e. The highest BCUT2D eigenvalue weighted by molar-refractivity contribution is 9.09. The number of hydrogen-bond acceptors (Lipinski definition) is 3. The van der Waals surface area contributed by atoms with Crippen LogP contribution in [0.25, 0.3) is 0 Å². The zero-order chi connectivity index (χ0) is 9.68. The Kier molecular flexibility index (Phi) is 4.00. The third-order valence-electron chi connectivity index (χ3n) is 1.20. The van der Waals surface area contributed by atoms with Crippen LogP contribution < -0.4 is 5.73 Å². The van der Waals surface area contributed by atoms with Crippen LogP contribution >= 0.6 is 27.5 Å². The molecule has 2 N–H and O–H groups in total. The number of nitrogens with two attached hydrogens (primary N) is 1. The van der Waals surface area contributed by atoms with Crippen molar-refractivity contribution in [3.05, 3.63) is 17.0 Å². The fourth-order valence-electron chi connectivity index (χ4n) is 0.671. The van der Waals surface area contributed by atoms with E-state index in [1.807, 2.05) is 0 Å². The van der Waals surface area contributed by atoms with Gasteiger partial charge in [-0.25, -0.2) is 9.97 Å². The van der Waals surface area contributed by atoms with E-state index in [2.05, 4.69) is 37.7 Å². The summed E-state index contributed by atoms with van der Waals surface area (Å²) in [6.07, 6.45) is 2.18. The van der Waals surface area contributed by atoms with E-state index in [0.29, 0.717) is 5.69 Å². The zero-order valence-electron chi connectivity index (χ0n) is 6.72. The molecule has 0 saturated carbocycles. The number of nitrogens with zero attached hydrogens (tertiary/aromatic N) is 2. The van der Waals surface area contributed by atoms with Gasteiger partial charge in [0.25, 0.3) is 0 Å². The van der Waals surface area contributed by atoms with Crippen molar-refractivity contribution in [2.75, 3.05) is 11.1 Å². The summed E-state index contributed by atoms with van der Waals surface area (Å²) in [7, 11) is 0. The number of hydrogen-bond donors (Lipinski definition) is 1. The van der Waals surface area contributed by atoms with Gasteiger partial charge in [-0.15, -0.1) is 0 Å². The Morgan fingerprint density at radius 2 is 2.38 bits per heavy atom. The number of halogens is 2. The first-order valence-electron chi connectivity index (χ1n) is 3.57. The minimum absolute atomic E-state index is 0.273. The molecule has 5 heteroatoms. The first kappa shape index (κ1) is 10.3. The van der Waals surface area contributed by atoms with Gasteiger partial charge in [-0.3, -0.25) is 0 Å². The number of anilines is 1. The highest BCUT2D eigenvalue weighted by atomic mass is 79.9. The molecule has 0 radical (unpaired) electrons. The highest BCUT2D eigenvalue weighted by Gasteiger charge is 1.98. The molecule has 1 aromatic rings. The van der Waals surface area contributed by atoms with Gasteiger partial charge in [0.05, 0.1) is 6.20 Å². The second-order valence-corrected chi connectivity index (χ2v) is 3.35. The van der Waals surface area contributed by atoms with E-state index >= 15 is 0 Å². The van der Waals surface area contributed by atoms with Crippen LogP contribution in [0.2, 0.25) is 5.15 Å². The predicted octanol–water partition coefficient (Wildman–Crippen LogP) is 1.85. The number of rotatable bonds is 1. The second kappa shape index (κ2) is 5.05. The first-order valence-corrected chi connectivity index (χ1v) is 5.07. The smallest absolute Gasteiger partial charge is 0.159 e. The summed E-state index contributed by atoms with van der Waals surface area (Å²) >= 11 is 8.83. The van der Waals surface area contributed by atoms with Crippen molar-refractivity contribution in [3.63, 3.8) is 0 Å². The Morgan fingerprint density at radius 1 is 1.62 bits per heavy atom. The van der Waals surface area contributed by atoms with Gasteiger partial charge in [0.2, 0.25) is 0 Å². The molecule has 3 nitrogen and oxygen atoms in total. The highest BCUT2D eigenvalue weighted by Crippen LogP contribution is 2.08. The Balaban J connectivity index is 2.85. The molecule has 0 atom stereocenters. The monoisotopic (exact) mass is 259 g/mol. The molecule has 0 aliphatic rings. The van der Waals surface area contributed by atoms with Gasteiger partial charge in [0.15, 0.2) is 11.5 Å². The summed E-state index contributed by atoms with van der Waals surface area (Å²) in [5.74, 6) is 5.97. The average molecular weight is 261 g/mol. The van der Waals surface area contributed by atoms with Crippen molar-refractivity contribution in [3.8, 4) is 11.8 Å². The van der Waals surface area contributed by atoms with Crippen molar-refractivity contribution < 1.29 is 0 Å². The SMILES string of the molecule is Nc1nc(Cl)cnc1C#CCCBr. The molecule has 0 fully saturated rings. The van der Waals surface area contributed by atoms with Gasteiger partial charge in [0, 0.05) is 11.8 Å². The van der Waals surface area contributed by atoms with E-state index in [-0.39, 0.29) is 11.0 Å². The topological polar surface area (TPSA) is 51.8 Å². The van der Waals surface area contributed by atoms with Gasteiger partial charge in [-0.2, -0.15) is 0 Å². The van der Waals surface area contributed by atoms with Gasteiger partial charge in [0.1, 0.15) is 5.15 Å². The van der Waals surface area contributed by atoms with E-state index in [9.17, 15) is 0 Å². The van der Waals surface area contributed by atoms with E-state index in [1.54, 1.807) is 0 Å². The molecular formula is C8H7BrClN3. The van der Waals surface area contributed by atoms with E-state index in [1.165, 1.54) is 6.20 Å². The van der Waals surface area contributed by atoms with Gasteiger partial charge < -0.3 is 5.73 Å². The Labute approximate surface area is 89.8 Å². The quantitative estimate of drug-likeness (QED) is 0.619. The van der Waals surface area contributed by atoms with Crippen molar-refractivity contribution in [2.45, 2.75) is 6.42 Å². The second-order valence-electron chi connectivity index (χ2n) is 2.17. The predicted molar refractivity (Wildman–Crippen MR) is 56.7 cm³/mol. The Morgan fingerprint density at radius 3 is 3.00 bits per heavy atom. The van der Waals surface area contributed by atoms with Crippen LogP contribution in [-0.4, -0.2) is 15.3 Å². The number of alkyl halides is 1. The molecule has 13 heavy (non-hydrogen) atoms. The lowest BCUT2D eigenvalue weighted by atomic mass is 10.4. The first-order chi connectivity index (χ1) is 6.24. The molecule has 0 spiro atoms. The fraction of sp³-hybridized carbons (Fsp3) is 0.250. The summed E-state index contributed by atoms with van der Waals surface area (Å²) < 4.78 is 0. The zero-order valence-corrected chi connectivity index (χ0v) is 9.06. The van der Waals surface area contributed by atoms with E-state index in [0.717, 1.165) is 11.8 Å². The minimum Gasteiger partial charge on any atom is -0.381 e. The molecule has 1 aromatic heterocycles. The van der Waals surface area contributed by atoms with E-state index in [4.69, 9.17) is 17.3 Å². The number of nitrogen functional groups attached to an aromatic ring is 1. The molecule has 0 aliphatic carbocycles. The summed E-state index contributed by atoms with van der Waals surface area (Å²) in [5.41, 5.74) is 6.01. The maximum absolute atomic E-state index is 5.57. The Hall–Kier alpha value is -0.790. The summed E-state index contributed by atoms with van der Waals surface area (Å²) in [6, 6.07) is 0. The summed E-state index contributed by atoms with van der Waals surface area (Å²) in [4.78, 5) is 7.76. The van der Waals surface area contributed by atoms with E-state index < -0.39 is 0 Å². The molecule has 0 bridgehead atoms. The third-order valence-corrected chi connectivity index (χ3v) is 1.77. The molecule has 0 saturated heterocycles. The molecule has 0 amide bonds. The molecule has 68 valence electrons. The summed E-state index contributed by atoms with van der Waals surface area (Å²) in [6.45, 7) is 0. The fourth-order valence-corrected chi connectivity index (χ4v) is 1.01. The Bertz CT molecular complexity index is 356. The molecule has 0 aromatic carbocycles. The van der Waals surface area contributed by atoms with Crippen LogP contribution in [0.4, 0.5) is 5.82 Å². The van der Waals surface area contributed by atoms with Crippen LogP contribution in [0, 0.1) is 11.8 Å². The standard InChI is InChI=1S/C8H7BrClN3/c9-4-2-1-3-6-8(11)13-7(10)5-12-6/h5H,2,4H2,(H2,11,13). The van der Waals surface area contributed by atoms with Crippen LogP contribution in [0.3, 0.4) is 0 Å². The van der Waals surface area contributed by atoms with Gasteiger partial charge in [-0.1, -0.05) is 33.5 Å². The molecule has 0 unspecified atom stereocenters. The van der Waals surface area contributed by atoms with Crippen LogP contribution in [0.5, 0.6) is 0 Å². The van der Waals surface area contributed by atoms with Crippen LogP contribution in [0.1, 0.15) is 12.1 Å². The normalized spacial score (nSPS) is 9.08. The van der Waals surface area contributed by atoms with Gasteiger partial charge >= 0.3 is 0 Å². The number of aromatic nitrogens is 2. The average Bonchev–Trinajstić information content (AvgIpc) is 2.09. The minimum atomic E-state index is 0.273. The maximum Gasteiger partial charge on any atom is 0.159 e. The third kappa shape index (κ3) is 3.21. The molecule has 0 aliphatic heterocycles. The lowest BCUT2D eigenvalue weighted by Crippen LogP contribution is -1.97. The molecular weight excluding hydrogens is 253 g/mol. The summed E-state index contributed by atoms with van der Waals surface area (Å²) in [5, 5.41) is 1.12. The molecule has 1 heterocycles. The lowest BCUT2D eigenvalue weighted by molar-refractivity contribution is 1.18. The van der Waals surface area contributed by atoms with Crippen molar-refractivity contribution in [2.24, 2.45) is 0 Å².